The summed E-state index contributed by atoms with van der Waals surface area (Å²) in [4.78, 5) is 32.7. The Morgan fingerprint density at radius 1 is 0.967 bits per heavy atom. The van der Waals surface area contributed by atoms with Gasteiger partial charge >= 0.3 is 0 Å². The van der Waals surface area contributed by atoms with Gasteiger partial charge in [0.1, 0.15) is 5.82 Å². The third kappa shape index (κ3) is 3.32. The number of amides is 1. The van der Waals surface area contributed by atoms with Gasteiger partial charge < -0.3 is 4.90 Å². The topological polar surface area (TPSA) is 55.2 Å². The largest absolute Gasteiger partial charge is 0.338 e. The van der Waals surface area contributed by atoms with E-state index in [0.29, 0.717) is 28.2 Å². The zero-order valence-electron chi connectivity index (χ0n) is 17.4. The first kappa shape index (κ1) is 19.0. The molecule has 30 heavy (non-hydrogen) atoms. The van der Waals surface area contributed by atoms with Gasteiger partial charge in [-0.1, -0.05) is 31.4 Å². The van der Waals surface area contributed by atoms with Gasteiger partial charge in [0.2, 0.25) is 0 Å². The summed E-state index contributed by atoms with van der Waals surface area (Å²) in [5, 5.41) is 0.596. The van der Waals surface area contributed by atoms with Crippen LogP contribution in [-0.4, -0.2) is 33.4 Å². The molecular formula is C25H27N3O2. The molecule has 1 aliphatic carbocycles. The van der Waals surface area contributed by atoms with Gasteiger partial charge in [-0.15, -0.1) is 0 Å². The number of carbonyl (C=O) groups is 1. The molecule has 2 unspecified atom stereocenters. The predicted octanol–water partition coefficient (Wildman–Crippen LogP) is 4.35. The molecule has 1 saturated carbocycles. The van der Waals surface area contributed by atoms with E-state index in [1.165, 1.54) is 25.7 Å². The first-order valence-electron chi connectivity index (χ1n) is 11.0. The number of benzene rings is 2. The summed E-state index contributed by atoms with van der Waals surface area (Å²) in [5.74, 6) is 2.21. The van der Waals surface area contributed by atoms with E-state index in [9.17, 15) is 9.59 Å². The van der Waals surface area contributed by atoms with E-state index in [4.69, 9.17) is 0 Å². The van der Waals surface area contributed by atoms with E-state index < -0.39 is 0 Å². The summed E-state index contributed by atoms with van der Waals surface area (Å²) in [6, 6.07) is 14.8. The molecule has 2 fully saturated rings. The maximum atomic E-state index is 13.1. The molecule has 5 heteroatoms. The van der Waals surface area contributed by atoms with Crippen LogP contribution in [0.1, 0.15) is 48.3 Å². The van der Waals surface area contributed by atoms with Gasteiger partial charge in [-0.05, 0) is 68.0 Å². The number of fused-ring (bicyclic) bond motifs is 2. The van der Waals surface area contributed by atoms with Crippen molar-refractivity contribution in [1.82, 2.24) is 14.5 Å². The van der Waals surface area contributed by atoms with Gasteiger partial charge in [0.25, 0.3) is 11.5 Å². The molecule has 0 radical (unpaired) electrons. The summed E-state index contributed by atoms with van der Waals surface area (Å²) in [6.45, 7) is 3.58. The Morgan fingerprint density at radius 3 is 2.50 bits per heavy atom. The van der Waals surface area contributed by atoms with Crippen LogP contribution in [0.25, 0.3) is 16.6 Å². The molecule has 2 heterocycles. The van der Waals surface area contributed by atoms with Gasteiger partial charge in [-0.2, -0.15) is 0 Å². The molecule has 0 N–H and O–H groups in total. The fourth-order valence-electron chi connectivity index (χ4n) is 5.27. The number of nitrogens with zero attached hydrogens (tertiary/aromatic N) is 3. The maximum Gasteiger partial charge on any atom is 0.265 e. The number of aryl methyl sites for hydroxylation is 1. The lowest BCUT2D eigenvalue weighted by Crippen LogP contribution is -2.44. The quantitative estimate of drug-likeness (QED) is 0.642. The molecule has 2 aliphatic rings. The van der Waals surface area contributed by atoms with Crippen molar-refractivity contribution in [2.24, 2.45) is 11.8 Å². The minimum Gasteiger partial charge on any atom is -0.338 e. The zero-order valence-corrected chi connectivity index (χ0v) is 17.4. The van der Waals surface area contributed by atoms with E-state index in [1.54, 1.807) is 10.6 Å². The third-order valence-electron chi connectivity index (χ3n) is 6.89. The summed E-state index contributed by atoms with van der Waals surface area (Å²) in [7, 11) is 0. The van der Waals surface area contributed by atoms with Crippen molar-refractivity contribution in [2.45, 2.75) is 39.0 Å². The standard InChI is InChI=1S/C25H27N3O2/c1-17-26-23-9-5-4-8-22(23)25(30)28(17)21-12-10-19(11-13-21)24(29)27-15-14-18-6-2-3-7-20(18)16-27/h4-5,8-13,18,20H,2-3,6-7,14-16H2,1H3. The number of piperidine rings is 1. The minimum atomic E-state index is -0.0865. The molecule has 5 nitrogen and oxygen atoms in total. The average molecular weight is 402 g/mol. The number of carbonyl (C=O) groups excluding carboxylic acids is 1. The second kappa shape index (κ2) is 7.71. The highest BCUT2D eigenvalue weighted by Gasteiger charge is 2.33. The van der Waals surface area contributed by atoms with Crippen LogP contribution in [0.3, 0.4) is 0 Å². The second-order valence-corrected chi connectivity index (χ2v) is 8.71. The smallest absolute Gasteiger partial charge is 0.265 e. The predicted molar refractivity (Wildman–Crippen MR) is 118 cm³/mol. The number of aromatic nitrogens is 2. The Kier molecular flexibility index (Phi) is 4.89. The molecule has 3 aromatic rings. The van der Waals surface area contributed by atoms with Crippen molar-refractivity contribution in [3.63, 3.8) is 0 Å². The van der Waals surface area contributed by atoms with Crippen LogP contribution in [0.5, 0.6) is 0 Å². The highest BCUT2D eigenvalue weighted by molar-refractivity contribution is 5.94. The van der Waals surface area contributed by atoms with Crippen molar-refractivity contribution in [3.8, 4) is 5.69 Å². The van der Waals surface area contributed by atoms with Crippen LogP contribution in [0.4, 0.5) is 0 Å². The van der Waals surface area contributed by atoms with Crippen LogP contribution < -0.4 is 5.56 Å². The van der Waals surface area contributed by atoms with Gasteiger partial charge in [0.05, 0.1) is 16.6 Å². The number of para-hydroxylation sites is 1. The Morgan fingerprint density at radius 2 is 1.70 bits per heavy atom. The number of likely N-dealkylation sites (tertiary alicyclic amines) is 1. The van der Waals surface area contributed by atoms with Crippen molar-refractivity contribution < 1.29 is 4.79 Å². The van der Waals surface area contributed by atoms with Crippen LogP contribution >= 0.6 is 0 Å². The molecule has 0 spiro atoms. The second-order valence-electron chi connectivity index (χ2n) is 8.71. The molecule has 2 aromatic carbocycles. The zero-order chi connectivity index (χ0) is 20.7. The van der Waals surface area contributed by atoms with Crippen LogP contribution in [0, 0.1) is 18.8 Å². The molecule has 1 aliphatic heterocycles. The summed E-state index contributed by atoms with van der Waals surface area (Å²) >= 11 is 0. The van der Waals surface area contributed by atoms with Crippen LogP contribution in [-0.2, 0) is 0 Å². The normalized spacial score (nSPS) is 21.4. The molecule has 1 aromatic heterocycles. The van der Waals surface area contributed by atoms with Crippen LogP contribution in [0.15, 0.2) is 53.3 Å². The van der Waals surface area contributed by atoms with Crippen molar-refractivity contribution in [1.29, 1.82) is 0 Å². The van der Waals surface area contributed by atoms with Gasteiger partial charge in [0.15, 0.2) is 0 Å². The minimum absolute atomic E-state index is 0.0865. The summed E-state index contributed by atoms with van der Waals surface area (Å²) < 4.78 is 1.62. The van der Waals surface area contributed by atoms with E-state index in [-0.39, 0.29) is 11.5 Å². The van der Waals surface area contributed by atoms with Crippen molar-refractivity contribution in [3.05, 3.63) is 70.3 Å². The van der Waals surface area contributed by atoms with Gasteiger partial charge in [-0.25, -0.2) is 4.98 Å². The Hall–Kier alpha value is -2.95. The van der Waals surface area contributed by atoms with Crippen molar-refractivity contribution >= 4 is 16.8 Å². The Bertz CT molecular complexity index is 1150. The van der Waals surface area contributed by atoms with E-state index in [2.05, 4.69) is 4.98 Å². The number of hydrogen-bond donors (Lipinski definition) is 0. The summed E-state index contributed by atoms with van der Waals surface area (Å²) in [5.41, 5.74) is 2.04. The molecule has 154 valence electrons. The first-order valence-corrected chi connectivity index (χ1v) is 11.0. The third-order valence-corrected chi connectivity index (χ3v) is 6.89. The molecule has 1 amide bonds. The molecule has 1 saturated heterocycles. The van der Waals surface area contributed by atoms with Gasteiger partial charge in [-0.3, -0.25) is 14.2 Å². The lowest BCUT2D eigenvalue weighted by molar-refractivity contribution is 0.0521. The van der Waals surface area contributed by atoms with Crippen molar-refractivity contribution in [2.75, 3.05) is 13.1 Å². The maximum absolute atomic E-state index is 13.1. The van der Waals surface area contributed by atoms with Gasteiger partial charge in [0, 0.05) is 18.7 Å². The average Bonchev–Trinajstić information content (AvgIpc) is 2.79. The molecule has 5 rings (SSSR count). The number of rotatable bonds is 2. The highest BCUT2D eigenvalue weighted by atomic mass is 16.2. The summed E-state index contributed by atoms with van der Waals surface area (Å²) in [6.07, 6.45) is 6.36. The van der Waals surface area contributed by atoms with Crippen LogP contribution in [0.2, 0.25) is 0 Å². The lowest BCUT2D eigenvalue weighted by Gasteiger charge is -2.41. The fraction of sp³-hybridized carbons (Fsp3) is 0.400. The Balaban J connectivity index is 1.40. The highest BCUT2D eigenvalue weighted by Crippen LogP contribution is 2.36. The molecule has 0 bridgehead atoms. The lowest BCUT2D eigenvalue weighted by atomic mass is 9.75. The molecule has 2 atom stereocenters. The SMILES string of the molecule is Cc1nc2ccccc2c(=O)n1-c1ccc(C(=O)N2CCC3CCCCC3C2)cc1. The van der Waals surface area contributed by atoms with E-state index >= 15 is 0 Å². The first-order chi connectivity index (χ1) is 14.6. The van der Waals surface area contributed by atoms with E-state index in [1.807, 2.05) is 54.3 Å². The fourth-order valence-corrected chi connectivity index (χ4v) is 5.27. The molecular weight excluding hydrogens is 374 g/mol. The van der Waals surface area contributed by atoms with E-state index in [0.717, 1.165) is 31.1 Å². The monoisotopic (exact) mass is 401 g/mol. The Labute approximate surface area is 176 Å². The number of hydrogen-bond acceptors (Lipinski definition) is 3.